The van der Waals surface area contributed by atoms with Gasteiger partial charge in [-0.3, -0.25) is 14.6 Å². The van der Waals surface area contributed by atoms with Gasteiger partial charge >= 0.3 is 6.03 Å². The maximum atomic E-state index is 15.2. The second kappa shape index (κ2) is 8.92. The Morgan fingerprint density at radius 1 is 1.22 bits per heavy atom. The number of carbonyl (C=O) groups is 1. The molecule has 7 nitrogen and oxygen atoms in total. The van der Waals surface area contributed by atoms with Crippen LogP contribution >= 0.6 is 0 Å². The molecular weight excluding hydrogens is 411 g/mol. The molecule has 2 aromatic carbocycles. The number of nitrogens with zero attached hydrogens (tertiary/aromatic N) is 4. The highest BCUT2D eigenvalue weighted by Crippen LogP contribution is 2.29. The Balaban J connectivity index is 2.25. The van der Waals surface area contributed by atoms with Crippen LogP contribution in [0.25, 0.3) is 16.5 Å². The Kier molecular flexibility index (Phi) is 6.45. The Morgan fingerprint density at radius 2 is 1.88 bits per heavy atom. The number of anilines is 1. The molecule has 0 fully saturated rings. The van der Waals surface area contributed by atoms with Crippen molar-refractivity contribution in [2.45, 2.75) is 26.7 Å². The first kappa shape index (κ1) is 23.1. The molecule has 0 aliphatic carbocycles. The number of aromatic nitrogens is 2. The highest BCUT2D eigenvalue weighted by molar-refractivity contribution is 5.96. The number of halogens is 1. The van der Waals surface area contributed by atoms with E-state index in [4.69, 9.17) is 0 Å². The van der Waals surface area contributed by atoms with Gasteiger partial charge in [0.05, 0.1) is 29.1 Å². The van der Waals surface area contributed by atoms with E-state index in [0.717, 1.165) is 21.4 Å². The summed E-state index contributed by atoms with van der Waals surface area (Å²) in [6, 6.07) is 9.41. The summed E-state index contributed by atoms with van der Waals surface area (Å²) < 4.78 is 16.5. The van der Waals surface area contributed by atoms with E-state index in [2.05, 4.69) is 11.7 Å². The van der Waals surface area contributed by atoms with Crippen molar-refractivity contribution in [3.05, 3.63) is 76.1 Å². The van der Waals surface area contributed by atoms with E-state index in [1.807, 2.05) is 39.0 Å². The molecule has 0 radical (unpaired) electrons. The van der Waals surface area contributed by atoms with Crippen molar-refractivity contribution in [3.63, 3.8) is 0 Å². The molecule has 0 aliphatic heterocycles. The number of amides is 2. The molecule has 1 heterocycles. The lowest BCUT2D eigenvalue weighted by atomic mass is 10.0. The molecule has 0 unspecified atom stereocenters. The van der Waals surface area contributed by atoms with Gasteiger partial charge in [0.2, 0.25) is 0 Å². The predicted octanol–water partition coefficient (Wildman–Crippen LogP) is 3.95. The van der Waals surface area contributed by atoms with E-state index >= 15 is 4.39 Å². The van der Waals surface area contributed by atoms with Crippen LogP contribution in [0, 0.1) is 12.7 Å². The average molecular weight is 439 g/mol. The highest BCUT2D eigenvalue weighted by Gasteiger charge is 2.23. The van der Waals surface area contributed by atoms with Gasteiger partial charge in [0.25, 0.3) is 5.56 Å². The summed E-state index contributed by atoms with van der Waals surface area (Å²) >= 11 is 0. The van der Waals surface area contributed by atoms with Crippen LogP contribution in [0.4, 0.5) is 14.9 Å². The Morgan fingerprint density at radius 3 is 2.47 bits per heavy atom. The molecule has 0 saturated heterocycles. The third-order valence-corrected chi connectivity index (χ3v) is 5.48. The molecule has 8 heteroatoms. The number of benzene rings is 2. The van der Waals surface area contributed by atoms with Crippen LogP contribution in [0.15, 0.2) is 53.5 Å². The minimum Gasteiger partial charge on any atom is -0.390 e. The van der Waals surface area contributed by atoms with Crippen molar-refractivity contribution in [2.24, 2.45) is 0 Å². The average Bonchev–Trinajstić information content (AvgIpc) is 2.77. The third kappa shape index (κ3) is 4.01. The number of para-hydroxylation sites is 1. The van der Waals surface area contributed by atoms with Crippen LogP contribution in [0.1, 0.15) is 31.0 Å². The number of urea groups is 1. The molecule has 1 aromatic heterocycles. The van der Waals surface area contributed by atoms with Crippen LogP contribution in [0.2, 0.25) is 0 Å². The largest absolute Gasteiger partial charge is 0.390 e. The number of hydrogen-bond donors (Lipinski definition) is 1. The SMILES string of the molecule is C=C(CO)N(C)C(=O)N(C)c1cc2c(C(C)C)nn(-c3ccccc3C)c(=O)c2cc1F. The zero-order chi connectivity index (χ0) is 23.7. The topological polar surface area (TPSA) is 78.7 Å². The van der Waals surface area contributed by atoms with Crippen molar-refractivity contribution in [1.82, 2.24) is 14.7 Å². The number of hydrogen-bond acceptors (Lipinski definition) is 4. The zero-order valence-corrected chi connectivity index (χ0v) is 18.9. The van der Waals surface area contributed by atoms with E-state index < -0.39 is 24.0 Å². The summed E-state index contributed by atoms with van der Waals surface area (Å²) in [6.45, 7) is 8.96. The number of aliphatic hydroxyl groups is 1. The lowest BCUT2D eigenvalue weighted by Gasteiger charge is -2.26. The molecule has 3 aromatic rings. The van der Waals surface area contributed by atoms with E-state index in [1.54, 1.807) is 6.07 Å². The van der Waals surface area contributed by atoms with Crippen molar-refractivity contribution < 1.29 is 14.3 Å². The van der Waals surface area contributed by atoms with Gasteiger partial charge < -0.3 is 5.11 Å². The van der Waals surface area contributed by atoms with E-state index in [9.17, 15) is 14.7 Å². The molecule has 1 N–H and O–H groups in total. The molecule has 3 rings (SSSR count). The summed E-state index contributed by atoms with van der Waals surface area (Å²) in [4.78, 5) is 28.2. The molecule has 0 spiro atoms. The lowest BCUT2D eigenvalue weighted by Crippen LogP contribution is -2.39. The van der Waals surface area contributed by atoms with Gasteiger partial charge in [0, 0.05) is 25.2 Å². The number of likely N-dealkylation sites (N-methyl/N-ethyl adjacent to an activating group) is 1. The van der Waals surface area contributed by atoms with Crippen LogP contribution in [0.5, 0.6) is 0 Å². The van der Waals surface area contributed by atoms with Gasteiger partial charge in [0.1, 0.15) is 5.82 Å². The molecule has 0 saturated carbocycles. The van der Waals surface area contributed by atoms with Crippen LogP contribution < -0.4 is 10.5 Å². The standard InChI is InChI=1S/C24H27FN4O3/c1-14(2)22-17-12-21(28(6)24(32)27(5)16(4)13-30)19(25)11-18(17)23(31)29(26-22)20-10-8-7-9-15(20)3/h7-12,14,30H,4,13H2,1-3,5-6H3. The van der Waals surface area contributed by atoms with E-state index in [-0.39, 0.29) is 22.7 Å². The van der Waals surface area contributed by atoms with Gasteiger partial charge in [-0.2, -0.15) is 9.78 Å². The van der Waals surface area contributed by atoms with Gasteiger partial charge in [-0.15, -0.1) is 0 Å². The minimum absolute atomic E-state index is 0.00293. The van der Waals surface area contributed by atoms with Gasteiger partial charge in [-0.05, 0) is 36.6 Å². The Labute approximate surface area is 186 Å². The van der Waals surface area contributed by atoms with Crippen LogP contribution in [-0.4, -0.2) is 46.5 Å². The van der Waals surface area contributed by atoms with Crippen molar-refractivity contribution in [3.8, 4) is 5.69 Å². The second-order valence-electron chi connectivity index (χ2n) is 8.02. The quantitative estimate of drug-likeness (QED) is 0.654. The monoisotopic (exact) mass is 438 g/mol. The van der Waals surface area contributed by atoms with Crippen molar-refractivity contribution >= 4 is 22.5 Å². The number of fused-ring (bicyclic) bond motifs is 1. The van der Waals surface area contributed by atoms with Crippen LogP contribution in [0.3, 0.4) is 0 Å². The maximum absolute atomic E-state index is 15.2. The first-order valence-corrected chi connectivity index (χ1v) is 10.2. The zero-order valence-electron chi connectivity index (χ0n) is 18.9. The third-order valence-electron chi connectivity index (χ3n) is 5.48. The normalized spacial score (nSPS) is 11.1. The summed E-state index contributed by atoms with van der Waals surface area (Å²) in [5.74, 6) is -0.782. The number of aryl methyl sites for hydroxylation is 1. The summed E-state index contributed by atoms with van der Waals surface area (Å²) in [6.07, 6.45) is 0. The Hall–Kier alpha value is -3.52. The smallest absolute Gasteiger partial charge is 0.328 e. The highest BCUT2D eigenvalue weighted by atomic mass is 19.1. The fourth-order valence-electron chi connectivity index (χ4n) is 3.49. The Bertz CT molecular complexity index is 1270. The van der Waals surface area contributed by atoms with Crippen molar-refractivity contribution in [2.75, 3.05) is 25.6 Å². The summed E-state index contributed by atoms with van der Waals surface area (Å²) in [5, 5.41) is 14.5. The molecule has 0 atom stereocenters. The fourth-order valence-corrected chi connectivity index (χ4v) is 3.49. The first-order chi connectivity index (χ1) is 15.1. The number of rotatable bonds is 5. The van der Waals surface area contributed by atoms with Gasteiger partial charge in [-0.25, -0.2) is 9.18 Å². The molecule has 32 heavy (non-hydrogen) atoms. The minimum atomic E-state index is -0.717. The number of aliphatic hydroxyl groups excluding tert-OH is 1. The van der Waals surface area contributed by atoms with Gasteiger partial charge in [0.15, 0.2) is 0 Å². The summed E-state index contributed by atoms with van der Waals surface area (Å²) in [5.41, 5.74) is 1.83. The van der Waals surface area contributed by atoms with E-state index in [1.165, 1.54) is 24.8 Å². The van der Waals surface area contributed by atoms with E-state index in [0.29, 0.717) is 16.8 Å². The molecule has 2 amide bonds. The fraction of sp³-hybridized carbons (Fsp3) is 0.292. The lowest BCUT2D eigenvalue weighted by molar-refractivity contribution is 0.217. The maximum Gasteiger partial charge on any atom is 0.328 e. The molecule has 168 valence electrons. The molecular formula is C24H27FN4O3. The number of carbonyl (C=O) groups excluding carboxylic acids is 1. The first-order valence-electron chi connectivity index (χ1n) is 10.2. The predicted molar refractivity (Wildman–Crippen MR) is 124 cm³/mol. The molecule has 0 aliphatic rings. The van der Waals surface area contributed by atoms with Crippen LogP contribution in [-0.2, 0) is 0 Å². The second-order valence-corrected chi connectivity index (χ2v) is 8.02. The van der Waals surface area contributed by atoms with Gasteiger partial charge in [-0.1, -0.05) is 38.6 Å². The molecule has 0 bridgehead atoms. The summed E-state index contributed by atoms with van der Waals surface area (Å²) in [7, 11) is 2.86. The van der Waals surface area contributed by atoms with Crippen molar-refractivity contribution in [1.29, 1.82) is 0 Å².